The lowest BCUT2D eigenvalue weighted by Crippen LogP contribution is -2.35. The minimum Gasteiger partial charge on any atom is -0.398 e. The van der Waals surface area contributed by atoms with E-state index in [0.717, 1.165) is 25.2 Å². The van der Waals surface area contributed by atoms with E-state index >= 15 is 0 Å². The van der Waals surface area contributed by atoms with E-state index in [2.05, 4.69) is 26.8 Å². The van der Waals surface area contributed by atoms with Crippen LogP contribution in [0.25, 0.3) is 0 Å². The third-order valence-electron chi connectivity index (χ3n) is 5.10. The molecule has 0 aromatic heterocycles. The molecule has 2 unspecified atom stereocenters. The van der Waals surface area contributed by atoms with Gasteiger partial charge in [0.05, 0.1) is 37.6 Å². The van der Waals surface area contributed by atoms with Gasteiger partial charge in [0.1, 0.15) is 6.34 Å². The molecule has 170 valence electrons. The summed E-state index contributed by atoms with van der Waals surface area (Å²) < 4.78 is 10.4. The van der Waals surface area contributed by atoms with Gasteiger partial charge in [-0.1, -0.05) is 12.6 Å². The van der Waals surface area contributed by atoms with Crippen LogP contribution in [0.15, 0.2) is 40.5 Å². The third kappa shape index (κ3) is 7.87. The van der Waals surface area contributed by atoms with E-state index in [1.54, 1.807) is 19.5 Å². The summed E-state index contributed by atoms with van der Waals surface area (Å²) in [5, 5.41) is 11.9. The highest BCUT2D eigenvalue weighted by Gasteiger charge is 2.19. The Balaban J connectivity index is 2.06. The van der Waals surface area contributed by atoms with Crippen LogP contribution in [-0.4, -0.2) is 82.4 Å². The van der Waals surface area contributed by atoms with Gasteiger partial charge in [0.25, 0.3) is 0 Å². The minimum absolute atomic E-state index is 0.0684. The number of hydrogen-bond acceptors (Lipinski definition) is 7. The second-order valence-corrected chi connectivity index (χ2v) is 7.49. The fourth-order valence-electron chi connectivity index (χ4n) is 3.20. The Morgan fingerprint density at radius 2 is 2.16 bits per heavy atom. The molecule has 0 saturated carbocycles. The number of nitrogens with one attached hydrogen (secondary N) is 2. The summed E-state index contributed by atoms with van der Waals surface area (Å²) in [5.74, 6) is 0.0684. The monoisotopic (exact) mass is 429 g/mol. The first-order chi connectivity index (χ1) is 14.9. The van der Waals surface area contributed by atoms with Crippen LogP contribution in [-0.2, 0) is 9.47 Å². The number of nitrogen functional groups attached to an aromatic ring is 1. The van der Waals surface area contributed by atoms with Crippen molar-refractivity contribution in [3.63, 3.8) is 0 Å². The van der Waals surface area contributed by atoms with Crippen molar-refractivity contribution < 1.29 is 9.47 Å². The van der Waals surface area contributed by atoms with E-state index in [1.807, 2.05) is 19.1 Å². The molecule has 2 rings (SSSR count). The molecule has 1 aromatic rings. The number of morpholine rings is 1. The highest BCUT2D eigenvalue weighted by Crippen LogP contribution is 2.24. The molecule has 6 N–H and O–H groups in total. The molecule has 9 heteroatoms. The molecular weight excluding hydrogens is 394 g/mol. The van der Waals surface area contributed by atoms with Gasteiger partial charge in [0.15, 0.2) is 0 Å². The number of rotatable bonds is 12. The van der Waals surface area contributed by atoms with Crippen LogP contribution in [0.3, 0.4) is 0 Å². The maximum atomic E-state index is 8.51. The summed E-state index contributed by atoms with van der Waals surface area (Å²) in [7, 11) is 1.67. The number of anilines is 1. The predicted octanol–water partition coefficient (Wildman–Crippen LogP) is 1.21. The summed E-state index contributed by atoms with van der Waals surface area (Å²) in [6, 6.07) is 5.59. The van der Waals surface area contributed by atoms with Gasteiger partial charge in [-0.3, -0.25) is 5.41 Å². The van der Waals surface area contributed by atoms with Crippen molar-refractivity contribution in [2.45, 2.75) is 18.9 Å². The Morgan fingerprint density at radius 1 is 1.42 bits per heavy atom. The van der Waals surface area contributed by atoms with Gasteiger partial charge in [-0.2, -0.15) is 0 Å². The van der Waals surface area contributed by atoms with Crippen LogP contribution in [0.2, 0.25) is 0 Å². The standard InChI is InChI=1S/C22H35N7O2/c1-16(23)20(13-26-6-9-30-3)18-4-5-21(24)19(12-18)22(25)17(2)28-14-27-15-29-7-10-31-11-8-29/h4-5,12,14-16,20,25-26H,2,6-11,13,23-24H2,1,3H3. The molecule has 1 aliphatic heterocycles. The van der Waals surface area contributed by atoms with Gasteiger partial charge in [0.2, 0.25) is 0 Å². The zero-order valence-corrected chi connectivity index (χ0v) is 18.5. The second-order valence-electron chi connectivity index (χ2n) is 7.49. The molecule has 1 aliphatic rings. The smallest absolute Gasteiger partial charge is 0.117 e. The molecule has 1 saturated heterocycles. The first-order valence-corrected chi connectivity index (χ1v) is 10.4. The molecule has 0 bridgehead atoms. The van der Waals surface area contributed by atoms with Gasteiger partial charge < -0.3 is 31.2 Å². The molecule has 1 heterocycles. The van der Waals surface area contributed by atoms with Gasteiger partial charge in [0, 0.05) is 56.5 Å². The van der Waals surface area contributed by atoms with Crippen molar-refractivity contribution in [1.29, 1.82) is 5.41 Å². The molecule has 0 amide bonds. The number of allylic oxidation sites excluding steroid dienone is 1. The predicted molar refractivity (Wildman–Crippen MR) is 127 cm³/mol. The van der Waals surface area contributed by atoms with Crippen molar-refractivity contribution in [3.05, 3.63) is 41.6 Å². The summed E-state index contributed by atoms with van der Waals surface area (Å²) in [4.78, 5) is 10.4. The fourth-order valence-corrected chi connectivity index (χ4v) is 3.20. The topological polar surface area (TPSA) is 134 Å². The lowest BCUT2D eigenvalue weighted by atomic mass is 9.90. The SMILES string of the molecule is C=C(N=CN=CN1CCOCC1)C(=N)c1cc(C(CNCCOC)C(C)N)ccc1N. The first kappa shape index (κ1) is 24.7. The molecule has 31 heavy (non-hydrogen) atoms. The van der Waals surface area contributed by atoms with Crippen LogP contribution >= 0.6 is 0 Å². The molecule has 0 radical (unpaired) electrons. The first-order valence-electron chi connectivity index (χ1n) is 10.4. The highest BCUT2D eigenvalue weighted by molar-refractivity contribution is 6.13. The van der Waals surface area contributed by atoms with Crippen LogP contribution in [0.1, 0.15) is 24.0 Å². The maximum absolute atomic E-state index is 8.51. The van der Waals surface area contributed by atoms with E-state index in [9.17, 15) is 0 Å². The molecule has 1 fully saturated rings. The molecule has 0 spiro atoms. The van der Waals surface area contributed by atoms with Crippen molar-refractivity contribution in [3.8, 4) is 0 Å². The summed E-state index contributed by atoms with van der Waals surface area (Å²) in [5.41, 5.74) is 14.9. The van der Waals surface area contributed by atoms with Crippen LogP contribution < -0.4 is 16.8 Å². The highest BCUT2D eigenvalue weighted by atomic mass is 16.5. The Hall–Kier alpha value is -2.59. The van der Waals surface area contributed by atoms with E-state index < -0.39 is 0 Å². The zero-order chi connectivity index (χ0) is 22.6. The lowest BCUT2D eigenvalue weighted by molar-refractivity contribution is 0.0701. The van der Waals surface area contributed by atoms with Crippen molar-refractivity contribution >= 4 is 24.1 Å². The quantitative estimate of drug-likeness (QED) is 0.171. The fraction of sp³-hybridized carbons (Fsp3) is 0.500. The van der Waals surface area contributed by atoms with E-state index in [-0.39, 0.29) is 17.7 Å². The normalized spacial score (nSPS) is 16.7. The van der Waals surface area contributed by atoms with E-state index in [4.69, 9.17) is 26.4 Å². The van der Waals surface area contributed by atoms with Crippen molar-refractivity contribution in [2.75, 3.05) is 58.8 Å². The number of nitrogens with two attached hydrogens (primary N) is 2. The van der Waals surface area contributed by atoms with Gasteiger partial charge in [-0.25, -0.2) is 9.98 Å². The van der Waals surface area contributed by atoms with Crippen LogP contribution in [0, 0.1) is 5.41 Å². The summed E-state index contributed by atoms with van der Waals surface area (Å²) in [6.45, 7) is 10.9. The third-order valence-corrected chi connectivity index (χ3v) is 5.10. The van der Waals surface area contributed by atoms with Gasteiger partial charge in [-0.15, -0.1) is 0 Å². The molecule has 1 aromatic carbocycles. The Labute approximate surface area is 184 Å². The number of aliphatic imine (C=N–C) groups is 2. The van der Waals surface area contributed by atoms with Gasteiger partial charge >= 0.3 is 0 Å². The van der Waals surface area contributed by atoms with E-state index in [0.29, 0.717) is 43.3 Å². The Kier molecular flexibility index (Phi) is 10.3. The summed E-state index contributed by atoms with van der Waals surface area (Å²) in [6.07, 6.45) is 3.12. The number of hydrogen-bond donors (Lipinski definition) is 4. The molecular formula is C22H35N7O2. The second kappa shape index (κ2) is 13.0. The number of nitrogens with zero attached hydrogens (tertiary/aromatic N) is 3. The van der Waals surface area contributed by atoms with E-state index in [1.165, 1.54) is 6.34 Å². The number of methoxy groups -OCH3 is 1. The maximum Gasteiger partial charge on any atom is 0.117 e. The molecule has 2 atom stereocenters. The zero-order valence-electron chi connectivity index (χ0n) is 18.5. The van der Waals surface area contributed by atoms with Crippen molar-refractivity contribution in [1.82, 2.24) is 10.2 Å². The number of ether oxygens (including phenoxy) is 2. The average molecular weight is 430 g/mol. The lowest BCUT2D eigenvalue weighted by Gasteiger charge is -2.23. The van der Waals surface area contributed by atoms with Crippen molar-refractivity contribution in [2.24, 2.45) is 15.7 Å². The van der Waals surface area contributed by atoms with Crippen LogP contribution in [0.5, 0.6) is 0 Å². The average Bonchev–Trinajstić information content (AvgIpc) is 2.77. The minimum atomic E-state index is -0.0727. The molecule has 0 aliphatic carbocycles. The van der Waals surface area contributed by atoms with Crippen LogP contribution in [0.4, 0.5) is 5.69 Å². The van der Waals surface area contributed by atoms with Gasteiger partial charge in [-0.05, 0) is 24.6 Å². The molecule has 9 nitrogen and oxygen atoms in total. The largest absolute Gasteiger partial charge is 0.398 e. The number of benzene rings is 1. The Bertz CT molecular complexity index is 786. The summed E-state index contributed by atoms with van der Waals surface area (Å²) >= 11 is 0. The Morgan fingerprint density at radius 3 is 2.84 bits per heavy atom.